The summed E-state index contributed by atoms with van der Waals surface area (Å²) in [5.41, 5.74) is 0. The van der Waals surface area contributed by atoms with Crippen molar-refractivity contribution in [1.29, 1.82) is 0 Å². The topological polar surface area (TPSA) is 79.0 Å². The second kappa shape index (κ2) is 10.6. The van der Waals surface area contributed by atoms with E-state index in [9.17, 15) is 13.2 Å². The fourth-order valence-electron chi connectivity index (χ4n) is 3.86. The molecule has 0 spiro atoms. The van der Waals surface area contributed by atoms with Gasteiger partial charge in [0.25, 0.3) is 10.2 Å². The van der Waals surface area contributed by atoms with E-state index >= 15 is 0 Å². The molecule has 1 unspecified atom stereocenters. The van der Waals surface area contributed by atoms with Crippen molar-refractivity contribution in [3.63, 3.8) is 0 Å². The van der Waals surface area contributed by atoms with E-state index in [2.05, 4.69) is 5.32 Å². The van der Waals surface area contributed by atoms with E-state index in [0.29, 0.717) is 26.3 Å². The van der Waals surface area contributed by atoms with Gasteiger partial charge >= 0.3 is 0 Å². The molecule has 8 heteroatoms. The van der Waals surface area contributed by atoms with Crippen molar-refractivity contribution < 1.29 is 17.9 Å². The Morgan fingerprint density at radius 1 is 1.19 bits per heavy atom. The Morgan fingerprint density at radius 3 is 2.62 bits per heavy atom. The summed E-state index contributed by atoms with van der Waals surface area (Å²) >= 11 is 0. The largest absolute Gasteiger partial charge is 0.382 e. The van der Waals surface area contributed by atoms with Crippen molar-refractivity contribution in [2.24, 2.45) is 5.92 Å². The number of carbonyl (C=O) groups is 1. The lowest BCUT2D eigenvalue weighted by Gasteiger charge is -2.37. The van der Waals surface area contributed by atoms with Crippen molar-refractivity contribution in [3.8, 4) is 0 Å². The molecule has 1 heterocycles. The molecule has 1 aliphatic carbocycles. The molecule has 0 radical (unpaired) electrons. The third kappa shape index (κ3) is 5.90. The molecular formula is C18H35N3O4S. The Morgan fingerprint density at radius 2 is 1.92 bits per heavy atom. The van der Waals surface area contributed by atoms with Gasteiger partial charge in [0.1, 0.15) is 0 Å². The molecule has 1 amide bonds. The highest BCUT2D eigenvalue weighted by Crippen LogP contribution is 2.27. The second-order valence-electron chi connectivity index (χ2n) is 7.35. The van der Waals surface area contributed by atoms with Gasteiger partial charge in [-0.2, -0.15) is 17.0 Å². The van der Waals surface area contributed by atoms with E-state index < -0.39 is 10.2 Å². The first-order chi connectivity index (χ1) is 12.5. The molecule has 2 fully saturated rings. The predicted octanol–water partition coefficient (Wildman–Crippen LogP) is 1.75. The summed E-state index contributed by atoms with van der Waals surface area (Å²) in [5.74, 6) is -0.299. The molecule has 2 aliphatic rings. The number of hydrogen-bond acceptors (Lipinski definition) is 4. The van der Waals surface area contributed by atoms with Crippen LogP contribution in [-0.4, -0.2) is 68.9 Å². The molecule has 2 rings (SSSR count). The third-order valence-corrected chi connectivity index (χ3v) is 7.51. The molecular weight excluding hydrogens is 354 g/mol. The summed E-state index contributed by atoms with van der Waals surface area (Å²) in [5, 5.41) is 2.92. The molecule has 1 atom stereocenters. The summed E-state index contributed by atoms with van der Waals surface area (Å²) in [4.78, 5) is 12.4. The average molecular weight is 390 g/mol. The zero-order chi connectivity index (χ0) is 19.0. The predicted molar refractivity (Wildman–Crippen MR) is 102 cm³/mol. The first-order valence-corrected chi connectivity index (χ1v) is 11.4. The highest BCUT2D eigenvalue weighted by atomic mass is 32.2. The first-order valence-electron chi connectivity index (χ1n) is 10.1. The normalized spacial score (nSPS) is 23.3. The van der Waals surface area contributed by atoms with Crippen LogP contribution in [0.25, 0.3) is 0 Å². The van der Waals surface area contributed by atoms with E-state index in [0.717, 1.165) is 44.9 Å². The van der Waals surface area contributed by atoms with Crippen molar-refractivity contribution in [2.45, 2.75) is 64.3 Å². The number of hydrogen-bond donors (Lipinski definition) is 1. The Balaban J connectivity index is 1.86. The Labute approximate surface area is 158 Å². The van der Waals surface area contributed by atoms with Crippen LogP contribution in [0, 0.1) is 5.92 Å². The van der Waals surface area contributed by atoms with Gasteiger partial charge in [-0.15, -0.1) is 0 Å². The minimum Gasteiger partial charge on any atom is -0.382 e. The van der Waals surface area contributed by atoms with E-state index in [1.165, 1.54) is 10.7 Å². The van der Waals surface area contributed by atoms with Gasteiger partial charge in [-0.05, 0) is 39.0 Å². The minimum atomic E-state index is -3.49. The van der Waals surface area contributed by atoms with Gasteiger partial charge in [-0.3, -0.25) is 4.79 Å². The molecule has 7 nitrogen and oxygen atoms in total. The second-order valence-corrected chi connectivity index (χ2v) is 9.34. The number of amides is 1. The van der Waals surface area contributed by atoms with Crippen molar-refractivity contribution >= 4 is 16.1 Å². The van der Waals surface area contributed by atoms with E-state index in [1.54, 1.807) is 11.4 Å². The Hall–Kier alpha value is -0.700. The summed E-state index contributed by atoms with van der Waals surface area (Å²) in [6.45, 7) is 4.63. The Kier molecular flexibility index (Phi) is 8.79. The van der Waals surface area contributed by atoms with Gasteiger partial charge in [0.05, 0.1) is 5.92 Å². The fraction of sp³-hybridized carbons (Fsp3) is 0.944. The van der Waals surface area contributed by atoms with Gasteiger partial charge in [0, 0.05) is 45.9 Å². The molecule has 0 aromatic heterocycles. The molecule has 26 heavy (non-hydrogen) atoms. The lowest BCUT2D eigenvalue weighted by molar-refractivity contribution is -0.126. The monoisotopic (exact) mass is 389 g/mol. The van der Waals surface area contributed by atoms with Crippen LogP contribution in [0.5, 0.6) is 0 Å². The van der Waals surface area contributed by atoms with Crippen LogP contribution in [0.15, 0.2) is 0 Å². The molecule has 0 aromatic carbocycles. The van der Waals surface area contributed by atoms with E-state index in [-0.39, 0.29) is 24.4 Å². The summed E-state index contributed by atoms with van der Waals surface area (Å²) in [6, 6.07) is 0.0986. The van der Waals surface area contributed by atoms with Crippen LogP contribution in [0.3, 0.4) is 0 Å². The number of piperidine rings is 1. The quantitative estimate of drug-likeness (QED) is 0.610. The number of carbonyl (C=O) groups excluding carboxylic acids is 1. The van der Waals surface area contributed by atoms with Crippen LogP contribution in [-0.2, 0) is 19.7 Å². The molecule has 1 N–H and O–H groups in total. The van der Waals surface area contributed by atoms with E-state index in [1.807, 2.05) is 6.92 Å². The van der Waals surface area contributed by atoms with E-state index in [4.69, 9.17) is 4.74 Å². The van der Waals surface area contributed by atoms with Crippen molar-refractivity contribution in [1.82, 2.24) is 13.9 Å². The molecule has 0 aromatic rings. The van der Waals surface area contributed by atoms with Crippen molar-refractivity contribution in [2.75, 3.05) is 39.9 Å². The van der Waals surface area contributed by atoms with Crippen LogP contribution in [0.4, 0.5) is 0 Å². The lowest BCUT2D eigenvalue weighted by Crippen LogP contribution is -2.52. The van der Waals surface area contributed by atoms with Gasteiger partial charge in [-0.25, -0.2) is 0 Å². The highest BCUT2D eigenvalue weighted by molar-refractivity contribution is 7.86. The zero-order valence-electron chi connectivity index (χ0n) is 16.3. The van der Waals surface area contributed by atoms with Crippen molar-refractivity contribution in [3.05, 3.63) is 0 Å². The molecule has 1 aliphatic heterocycles. The molecule has 1 saturated carbocycles. The minimum absolute atomic E-state index is 0.0401. The smallest absolute Gasteiger partial charge is 0.281 e. The van der Waals surface area contributed by atoms with Crippen LogP contribution in [0.1, 0.15) is 58.3 Å². The SMILES string of the molecule is CCOCCCNC(=O)C1CCCN(S(=O)(=O)N(C)C2CCCCC2)C1. The molecule has 152 valence electrons. The fourth-order valence-corrected chi connectivity index (χ4v) is 5.54. The Bertz CT molecular complexity index is 535. The summed E-state index contributed by atoms with van der Waals surface area (Å²) in [6.07, 6.45) is 7.51. The number of nitrogens with one attached hydrogen (secondary N) is 1. The average Bonchev–Trinajstić information content (AvgIpc) is 2.67. The number of ether oxygens (including phenoxy) is 1. The van der Waals surface area contributed by atoms with Crippen LogP contribution >= 0.6 is 0 Å². The maximum atomic E-state index is 13.0. The number of nitrogens with zero attached hydrogens (tertiary/aromatic N) is 2. The summed E-state index contributed by atoms with van der Waals surface area (Å²) < 4.78 is 34.3. The standard InChI is InChI=1S/C18H35N3O4S/c1-3-25-14-8-12-19-18(22)16-9-7-13-21(15-16)26(23,24)20(2)17-10-5-4-6-11-17/h16-17H,3-15H2,1-2H3,(H,19,22). The maximum absolute atomic E-state index is 13.0. The highest BCUT2D eigenvalue weighted by Gasteiger charge is 2.37. The van der Waals surface area contributed by atoms with Crippen LogP contribution < -0.4 is 5.32 Å². The number of rotatable bonds is 9. The van der Waals surface area contributed by atoms with Gasteiger partial charge < -0.3 is 10.1 Å². The molecule has 0 bridgehead atoms. The van der Waals surface area contributed by atoms with Gasteiger partial charge in [0.15, 0.2) is 0 Å². The van der Waals surface area contributed by atoms with Gasteiger partial charge in [0.2, 0.25) is 5.91 Å². The summed E-state index contributed by atoms with van der Waals surface area (Å²) in [7, 11) is -1.80. The third-order valence-electron chi connectivity index (χ3n) is 5.50. The lowest BCUT2D eigenvalue weighted by atomic mass is 9.96. The van der Waals surface area contributed by atoms with Crippen LogP contribution in [0.2, 0.25) is 0 Å². The van der Waals surface area contributed by atoms with Gasteiger partial charge in [-0.1, -0.05) is 19.3 Å². The first kappa shape index (κ1) is 21.6. The zero-order valence-corrected chi connectivity index (χ0v) is 17.1. The molecule has 1 saturated heterocycles. The maximum Gasteiger partial charge on any atom is 0.281 e.